The zero-order valence-corrected chi connectivity index (χ0v) is 11.0. The largest absolute Gasteiger partial charge is 0.478 e. The van der Waals surface area contributed by atoms with Gasteiger partial charge < -0.3 is 5.11 Å². The van der Waals surface area contributed by atoms with E-state index < -0.39 is 5.97 Å². The van der Waals surface area contributed by atoms with E-state index in [2.05, 4.69) is 0 Å². The molecule has 2 nitrogen and oxygen atoms in total. The molecule has 2 aromatic carbocycles. The second kappa shape index (κ2) is 5.94. The second-order valence-corrected chi connectivity index (χ2v) is 5.06. The summed E-state index contributed by atoms with van der Waals surface area (Å²) in [7, 11) is 0. The van der Waals surface area contributed by atoms with Crippen molar-refractivity contribution in [3.8, 4) is 0 Å². The third-order valence-corrected chi connectivity index (χ3v) is 3.82. The Balaban J connectivity index is 2.25. The molecule has 0 saturated carbocycles. The standard InChI is InChI=1S/C14H11ClO2S/c15-9-10-5-7-11(8-6-10)18-13-4-2-1-3-12(13)14(16)17/h1-8H,9H2,(H,16,17). The number of carboxylic acid groups (broad SMARTS) is 1. The first-order valence-corrected chi connectivity index (χ1v) is 6.71. The van der Waals surface area contributed by atoms with Crippen molar-refractivity contribution in [2.75, 3.05) is 0 Å². The number of halogens is 1. The van der Waals surface area contributed by atoms with E-state index in [1.54, 1.807) is 12.1 Å². The van der Waals surface area contributed by atoms with Gasteiger partial charge in [-0.25, -0.2) is 4.79 Å². The lowest BCUT2D eigenvalue weighted by Gasteiger charge is -2.05. The predicted molar refractivity (Wildman–Crippen MR) is 73.5 cm³/mol. The van der Waals surface area contributed by atoms with Gasteiger partial charge >= 0.3 is 5.97 Å². The van der Waals surface area contributed by atoms with E-state index in [-0.39, 0.29) is 0 Å². The number of hydrogen-bond acceptors (Lipinski definition) is 2. The van der Waals surface area contributed by atoms with Crippen LogP contribution in [-0.4, -0.2) is 11.1 Å². The molecule has 18 heavy (non-hydrogen) atoms. The van der Waals surface area contributed by atoms with E-state index in [1.165, 1.54) is 11.8 Å². The van der Waals surface area contributed by atoms with Crippen LogP contribution < -0.4 is 0 Å². The fourth-order valence-electron chi connectivity index (χ4n) is 1.51. The van der Waals surface area contributed by atoms with Gasteiger partial charge in [0.25, 0.3) is 0 Å². The van der Waals surface area contributed by atoms with Crippen LogP contribution in [-0.2, 0) is 5.88 Å². The third kappa shape index (κ3) is 3.06. The highest BCUT2D eigenvalue weighted by molar-refractivity contribution is 7.99. The minimum atomic E-state index is -0.907. The summed E-state index contributed by atoms with van der Waals surface area (Å²) in [5.41, 5.74) is 1.37. The lowest BCUT2D eigenvalue weighted by atomic mass is 10.2. The van der Waals surface area contributed by atoms with E-state index in [9.17, 15) is 4.79 Å². The van der Waals surface area contributed by atoms with E-state index in [0.717, 1.165) is 15.4 Å². The molecule has 0 unspecified atom stereocenters. The molecule has 0 radical (unpaired) electrons. The highest BCUT2D eigenvalue weighted by Crippen LogP contribution is 2.30. The van der Waals surface area contributed by atoms with Gasteiger partial charge in [-0.15, -0.1) is 11.6 Å². The van der Waals surface area contributed by atoms with Crippen LogP contribution in [0.2, 0.25) is 0 Å². The second-order valence-electron chi connectivity index (χ2n) is 3.68. The van der Waals surface area contributed by atoms with Crippen molar-refractivity contribution in [1.82, 2.24) is 0 Å². The molecule has 2 rings (SSSR count). The van der Waals surface area contributed by atoms with Gasteiger partial charge in [0.1, 0.15) is 0 Å². The number of rotatable bonds is 4. The first-order chi connectivity index (χ1) is 8.70. The molecule has 92 valence electrons. The van der Waals surface area contributed by atoms with Crippen molar-refractivity contribution in [1.29, 1.82) is 0 Å². The summed E-state index contributed by atoms with van der Waals surface area (Å²) in [5.74, 6) is -0.424. The predicted octanol–water partition coefficient (Wildman–Crippen LogP) is 4.27. The topological polar surface area (TPSA) is 37.3 Å². The minimum Gasteiger partial charge on any atom is -0.478 e. The van der Waals surface area contributed by atoms with Crippen LogP contribution in [0.25, 0.3) is 0 Å². The molecule has 0 amide bonds. The molecule has 0 saturated heterocycles. The quantitative estimate of drug-likeness (QED) is 0.849. The van der Waals surface area contributed by atoms with Gasteiger partial charge in [0.15, 0.2) is 0 Å². The molecule has 0 heterocycles. The minimum absolute atomic E-state index is 0.323. The summed E-state index contributed by atoms with van der Waals surface area (Å²) in [6, 6.07) is 14.8. The highest BCUT2D eigenvalue weighted by Gasteiger charge is 2.09. The maximum atomic E-state index is 11.1. The summed E-state index contributed by atoms with van der Waals surface area (Å²) in [6.07, 6.45) is 0. The zero-order valence-electron chi connectivity index (χ0n) is 9.47. The Hall–Kier alpha value is -1.45. The summed E-state index contributed by atoms with van der Waals surface area (Å²) in [5, 5.41) is 9.10. The lowest BCUT2D eigenvalue weighted by Crippen LogP contribution is -1.97. The highest BCUT2D eigenvalue weighted by atomic mass is 35.5. The number of alkyl halides is 1. The first-order valence-electron chi connectivity index (χ1n) is 5.36. The first kappa shape index (κ1) is 13.0. The molecule has 0 atom stereocenters. The van der Waals surface area contributed by atoms with Gasteiger partial charge in [-0.2, -0.15) is 0 Å². The van der Waals surface area contributed by atoms with Gasteiger partial charge in [0, 0.05) is 15.7 Å². The maximum absolute atomic E-state index is 11.1. The molecular weight excluding hydrogens is 268 g/mol. The number of aromatic carboxylic acids is 1. The molecule has 1 N–H and O–H groups in total. The fourth-order valence-corrected chi connectivity index (χ4v) is 2.62. The van der Waals surface area contributed by atoms with Crippen LogP contribution in [0, 0.1) is 0 Å². The molecule has 0 aliphatic rings. The molecule has 0 bridgehead atoms. The van der Waals surface area contributed by atoms with Gasteiger partial charge in [-0.05, 0) is 29.8 Å². The Kier molecular flexibility index (Phi) is 4.28. The van der Waals surface area contributed by atoms with E-state index in [4.69, 9.17) is 16.7 Å². The van der Waals surface area contributed by atoms with Crippen LogP contribution in [0.3, 0.4) is 0 Å². The van der Waals surface area contributed by atoms with Crippen molar-refractivity contribution in [2.24, 2.45) is 0 Å². The van der Waals surface area contributed by atoms with Gasteiger partial charge in [-0.1, -0.05) is 36.0 Å². The third-order valence-electron chi connectivity index (χ3n) is 2.42. The van der Waals surface area contributed by atoms with E-state index in [0.29, 0.717) is 11.4 Å². The molecule has 4 heteroatoms. The van der Waals surface area contributed by atoms with Crippen LogP contribution in [0.1, 0.15) is 15.9 Å². The molecule has 0 aromatic heterocycles. The zero-order chi connectivity index (χ0) is 13.0. The maximum Gasteiger partial charge on any atom is 0.336 e. The molecular formula is C14H11ClO2S. The normalized spacial score (nSPS) is 10.3. The molecule has 0 fully saturated rings. The molecule has 0 aliphatic carbocycles. The number of carboxylic acids is 1. The molecule has 0 spiro atoms. The average Bonchev–Trinajstić information content (AvgIpc) is 2.40. The van der Waals surface area contributed by atoms with E-state index in [1.807, 2.05) is 36.4 Å². The van der Waals surface area contributed by atoms with Crippen molar-refractivity contribution >= 4 is 29.3 Å². The van der Waals surface area contributed by atoms with Crippen LogP contribution >= 0.6 is 23.4 Å². The SMILES string of the molecule is O=C(O)c1ccccc1Sc1ccc(CCl)cc1. The number of hydrogen-bond donors (Lipinski definition) is 1. The number of benzene rings is 2. The summed E-state index contributed by atoms with van der Waals surface area (Å²) >= 11 is 7.16. The Morgan fingerprint density at radius 3 is 2.39 bits per heavy atom. The Bertz CT molecular complexity index is 552. The number of carbonyl (C=O) groups is 1. The van der Waals surface area contributed by atoms with Crippen molar-refractivity contribution in [3.63, 3.8) is 0 Å². The Labute approximate surface area is 115 Å². The van der Waals surface area contributed by atoms with Crippen LogP contribution in [0.4, 0.5) is 0 Å². The van der Waals surface area contributed by atoms with Crippen molar-refractivity contribution in [2.45, 2.75) is 15.7 Å². The van der Waals surface area contributed by atoms with Crippen molar-refractivity contribution in [3.05, 3.63) is 59.7 Å². The van der Waals surface area contributed by atoms with Gasteiger partial charge in [-0.3, -0.25) is 0 Å². The summed E-state index contributed by atoms with van der Waals surface area (Å²) < 4.78 is 0. The van der Waals surface area contributed by atoms with E-state index >= 15 is 0 Å². The van der Waals surface area contributed by atoms with Crippen LogP contribution in [0.15, 0.2) is 58.3 Å². The smallest absolute Gasteiger partial charge is 0.336 e. The molecule has 2 aromatic rings. The summed E-state index contributed by atoms with van der Waals surface area (Å²) in [6.45, 7) is 0. The monoisotopic (exact) mass is 278 g/mol. The fraction of sp³-hybridized carbons (Fsp3) is 0.0714. The van der Waals surface area contributed by atoms with Gasteiger partial charge in [0.2, 0.25) is 0 Å². The average molecular weight is 279 g/mol. The molecule has 0 aliphatic heterocycles. The Morgan fingerprint density at radius 1 is 1.11 bits per heavy atom. The Morgan fingerprint density at radius 2 is 1.78 bits per heavy atom. The van der Waals surface area contributed by atoms with Crippen LogP contribution in [0.5, 0.6) is 0 Å². The lowest BCUT2D eigenvalue weighted by molar-refractivity contribution is 0.0693. The summed E-state index contributed by atoms with van der Waals surface area (Å²) in [4.78, 5) is 12.8. The van der Waals surface area contributed by atoms with Crippen molar-refractivity contribution < 1.29 is 9.90 Å². The van der Waals surface area contributed by atoms with Gasteiger partial charge in [0.05, 0.1) is 5.56 Å².